The van der Waals surface area contributed by atoms with Crippen molar-refractivity contribution in [1.82, 2.24) is 15.3 Å². The molecular formula is C12H19N3OS. The third-order valence-electron chi connectivity index (χ3n) is 3.17. The highest BCUT2D eigenvalue weighted by atomic mass is 32.2. The normalized spacial score (nSPS) is 24.6. The van der Waals surface area contributed by atoms with Crippen LogP contribution in [0.3, 0.4) is 0 Å². The van der Waals surface area contributed by atoms with Gasteiger partial charge in [-0.1, -0.05) is 6.42 Å². The van der Waals surface area contributed by atoms with Crippen molar-refractivity contribution in [1.29, 1.82) is 0 Å². The number of aromatic nitrogens is 2. The Morgan fingerprint density at radius 3 is 2.94 bits per heavy atom. The Morgan fingerprint density at radius 1 is 1.35 bits per heavy atom. The second-order valence-corrected chi connectivity index (χ2v) is 5.06. The lowest BCUT2D eigenvalue weighted by atomic mass is 9.92. The molecule has 0 bridgehead atoms. The van der Waals surface area contributed by atoms with Gasteiger partial charge in [-0.3, -0.25) is 0 Å². The first kappa shape index (κ1) is 12.6. The van der Waals surface area contributed by atoms with Crippen molar-refractivity contribution in [2.75, 3.05) is 13.3 Å². The molecule has 1 fully saturated rings. The molecule has 2 unspecified atom stereocenters. The zero-order chi connectivity index (χ0) is 12.1. The van der Waals surface area contributed by atoms with Crippen LogP contribution in [0.5, 0.6) is 5.88 Å². The van der Waals surface area contributed by atoms with Gasteiger partial charge in [-0.25, -0.2) is 9.97 Å². The van der Waals surface area contributed by atoms with E-state index in [0.29, 0.717) is 11.9 Å². The van der Waals surface area contributed by atoms with E-state index in [1.54, 1.807) is 18.1 Å². The first-order chi connectivity index (χ1) is 8.33. The van der Waals surface area contributed by atoms with E-state index in [9.17, 15) is 0 Å². The second-order valence-electron chi connectivity index (χ2n) is 4.23. The molecule has 5 heteroatoms. The Kier molecular flexibility index (Phi) is 4.62. The van der Waals surface area contributed by atoms with Crippen LogP contribution < -0.4 is 10.1 Å². The maximum Gasteiger partial charge on any atom is 0.217 e. The Bertz CT molecular complexity index is 361. The van der Waals surface area contributed by atoms with Crippen molar-refractivity contribution in [2.24, 2.45) is 0 Å². The number of rotatable bonds is 4. The number of hydrogen-bond acceptors (Lipinski definition) is 5. The zero-order valence-electron chi connectivity index (χ0n) is 10.3. The van der Waals surface area contributed by atoms with Crippen LogP contribution in [-0.4, -0.2) is 35.4 Å². The number of hydrogen-bond donors (Lipinski definition) is 1. The van der Waals surface area contributed by atoms with Gasteiger partial charge in [-0.05, 0) is 32.6 Å². The summed E-state index contributed by atoms with van der Waals surface area (Å²) < 4.78 is 5.97. The summed E-state index contributed by atoms with van der Waals surface area (Å²) in [5.74, 6) is 0.691. The van der Waals surface area contributed by atoms with Gasteiger partial charge in [-0.15, -0.1) is 11.8 Å². The average molecular weight is 253 g/mol. The number of likely N-dealkylation sites (N-methyl/N-ethyl adjacent to an activating group) is 1. The maximum atomic E-state index is 5.97. The largest absolute Gasteiger partial charge is 0.473 e. The molecule has 2 rings (SSSR count). The minimum atomic E-state index is 0.235. The molecule has 0 radical (unpaired) electrons. The van der Waals surface area contributed by atoms with E-state index in [0.717, 1.165) is 11.4 Å². The van der Waals surface area contributed by atoms with E-state index in [1.807, 2.05) is 19.4 Å². The van der Waals surface area contributed by atoms with Gasteiger partial charge in [0.1, 0.15) is 17.5 Å². The van der Waals surface area contributed by atoms with Crippen molar-refractivity contribution in [3.8, 4) is 5.88 Å². The fourth-order valence-corrected chi connectivity index (χ4v) is 2.59. The molecular weight excluding hydrogens is 234 g/mol. The lowest BCUT2D eigenvalue weighted by Crippen LogP contribution is -2.43. The summed E-state index contributed by atoms with van der Waals surface area (Å²) in [5, 5.41) is 4.28. The van der Waals surface area contributed by atoms with Crippen LogP contribution in [0.4, 0.5) is 0 Å². The van der Waals surface area contributed by atoms with Crippen LogP contribution in [-0.2, 0) is 0 Å². The monoisotopic (exact) mass is 253 g/mol. The van der Waals surface area contributed by atoms with Crippen molar-refractivity contribution in [3.63, 3.8) is 0 Å². The molecule has 94 valence electrons. The lowest BCUT2D eigenvalue weighted by Gasteiger charge is -2.31. The van der Waals surface area contributed by atoms with E-state index < -0.39 is 0 Å². The minimum absolute atomic E-state index is 0.235. The molecule has 1 N–H and O–H groups in total. The molecule has 1 saturated carbocycles. The van der Waals surface area contributed by atoms with Crippen molar-refractivity contribution in [2.45, 2.75) is 42.9 Å². The number of ether oxygens (including phenoxy) is 1. The van der Waals surface area contributed by atoms with E-state index in [-0.39, 0.29) is 6.10 Å². The summed E-state index contributed by atoms with van der Waals surface area (Å²) in [4.78, 5) is 8.32. The third kappa shape index (κ3) is 3.33. The second kappa shape index (κ2) is 6.21. The highest BCUT2D eigenvalue weighted by molar-refractivity contribution is 7.98. The quantitative estimate of drug-likeness (QED) is 0.658. The number of nitrogens with zero attached hydrogens (tertiary/aromatic N) is 2. The van der Waals surface area contributed by atoms with Gasteiger partial charge < -0.3 is 10.1 Å². The Labute approximate surface area is 107 Å². The molecule has 1 aliphatic rings. The maximum absolute atomic E-state index is 5.97. The minimum Gasteiger partial charge on any atom is -0.473 e. The number of nitrogens with one attached hydrogen (secondary N) is 1. The van der Waals surface area contributed by atoms with Crippen molar-refractivity contribution >= 4 is 11.8 Å². The highest BCUT2D eigenvalue weighted by Gasteiger charge is 2.25. The van der Waals surface area contributed by atoms with E-state index in [2.05, 4.69) is 15.3 Å². The summed E-state index contributed by atoms with van der Waals surface area (Å²) >= 11 is 1.60. The zero-order valence-corrected chi connectivity index (χ0v) is 11.2. The molecule has 0 aromatic carbocycles. The van der Waals surface area contributed by atoms with Crippen molar-refractivity contribution in [3.05, 3.63) is 12.4 Å². The predicted octanol–water partition coefficient (Wildman–Crippen LogP) is 2.11. The molecule has 1 aromatic heterocycles. The van der Waals surface area contributed by atoms with E-state index in [1.165, 1.54) is 19.3 Å². The fourth-order valence-electron chi connectivity index (χ4n) is 2.22. The molecule has 1 aromatic rings. The third-order valence-corrected chi connectivity index (χ3v) is 3.81. The van der Waals surface area contributed by atoms with Crippen LogP contribution in [0.25, 0.3) is 0 Å². The summed E-state index contributed by atoms with van der Waals surface area (Å²) in [5.41, 5.74) is 0. The van der Waals surface area contributed by atoms with Crippen LogP contribution >= 0.6 is 11.8 Å². The SMILES string of the molecule is CNC1CCCCC1Oc1cc(SC)ncn1. The molecule has 4 nitrogen and oxygen atoms in total. The van der Waals surface area contributed by atoms with Crippen LogP contribution in [0.15, 0.2) is 17.4 Å². The molecule has 0 amide bonds. The predicted molar refractivity (Wildman–Crippen MR) is 69.5 cm³/mol. The first-order valence-electron chi connectivity index (χ1n) is 6.03. The smallest absolute Gasteiger partial charge is 0.217 e. The summed E-state index contributed by atoms with van der Waals surface area (Å²) in [6, 6.07) is 2.35. The lowest BCUT2D eigenvalue weighted by molar-refractivity contribution is 0.112. The highest BCUT2D eigenvalue weighted by Crippen LogP contribution is 2.24. The van der Waals surface area contributed by atoms with Gasteiger partial charge in [0.15, 0.2) is 0 Å². The van der Waals surface area contributed by atoms with Crippen LogP contribution in [0.1, 0.15) is 25.7 Å². The first-order valence-corrected chi connectivity index (χ1v) is 7.26. The fraction of sp³-hybridized carbons (Fsp3) is 0.667. The van der Waals surface area contributed by atoms with Crippen molar-refractivity contribution < 1.29 is 4.74 Å². The summed E-state index contributed by atoms with van der Waals surface area (Å²) in [6.07, 6.45) is 8.61. The van der Waals surface area contributed by atoms with Crippen LogP contribution in [0, 0.1) is 0 Å². The molecule has 17 heavy (non-hydrogen) atoms. The van der Waals surface area contributed by atoms with Gasteiger partial charge in [0.25, 0.3) is 0 Å². The Morgan fingerprint density at radius 2 is 2.18 bits per heavy atom. The van der Waals surface area contributed by atoms with Gasteiger partial charge in [0.05, 0.1) is 0 Å². The molecule has 0 spiro atoms. The molecule has 2 atom stereocenters. The van der Waals surface area contributed by atoms with Gasteiger partial charge in [0.2, 0.25) is 5.88 Å². The molecule has 0 saturated heterocycles. The standard InChI is InChI=1S/C12H19N3OS/c1-13-9-5-3-4-6-10(9)16-11-7-12(17-2)15-8-14-11/h7-10,13H,3-6H2,1-2H3. The molecule has 1 heterocycles. The van der Waals surface area contributed by atoms with E-state index in [4.69, 9.17) is 4.74 Å². The van der Waals surface area contributed by atoms with Gasteiger partial charge >= 0.3 is 0 Å². The summed E-state index contributed by atoms with van der Waals surface area (Å²) in [6.45, 7) is 0. The van der Waals surface area contributed by atoms with Gasteiger partial charge in [-0.2, -0.15) is 0 Å². The molecule has 1 aliphatic carbocycles. The number of thioether (sulfide) groups is 1. The summed E-state index contributed by atoms with van der Waals surface area (Å²) in [7, 11) is 2.00. The van der Waals surface area contributed by atoms with Gasteiger partial charge in [0, 0.05) is 12.1 Å². The Hall–Kier alpha value is -0.810. The molecule has 0 aliphatic heterocycles. The Balaban J connectivity index is 2.02. The van der Waals surface area contributed by atoms with E-state index >= 15 is 0 Å². The van der Waals surface area contributed by atoms with Crippen LogP contribution in [0.2, 0.25) is 0 Å². The topological polar surface area (TPSA) is 47.0 Å². The average Bonchev–Trinajstić information content (AvgIpc) is 2.39.